The van der Waals surface area contributed by atoms with Gasteiger partial charge in [0, 0.05) is 12.5 Å². The number of hydrogen-bond donors (Lipinski definition) is 1. The van der Waals surface area contributed by atoms with Crippen LogP contribution in [-0.2, 0) is 0 Å². The van der Waals surface area contributed by atoms with E-state index < -0.39 is 5.60 Å². The van der Waals surface area contributed by atoms with Crippen LogP contribution in [0.5, 0.6) is 5.75 Å². The molecule has 0 amide bonds. The Kier molecular flexibility index (Phi) is 6.42. The van der Waals surface area contributed by atoms with E-state index in [1.807, 2.05) is 12.1 Å². The van der Waals surface area contributed by atoms with E-state index in [2.05, 4.69) is 37.2 Å². The molecular weight excluding hydrogens is 322 g/mol. The van der Waals surface area contributed by atoms with Crippen molar-refractivity contribution in [3.63, 3.8) is 0 Å². The molecule has 0 aliphatic heterocycles. The molecule has 2 aliphatic carbocycles. The quantitative estimate of drug-likeness (QED) is 0.825. The fourth-order valence-electron chi connectivity index (χ4n) is 5.12. The van der Waals surface area contributed by atoms with E-state index in [1.165, 1.54) is 49.7 Å². The number of rotatable bonds is 5. The average Bonchev–Trinajstić information content (AvgIpc) is 2.66. The van der Waals surface area contributed by atoms with E-state index in [9.17, 15) is 5.11 Å². The first kappa shape index (κ1) is 19.4. The summed E-state index contributed by atoms with van der Waals surface area (Å²) in [5, 5.41) is 12.1. The van der Waals surface area contributed by atoms with Crippen LogP contribution in [0.2, 0.25) is 0 Å². The Morgan fingerprint density at radius 2 is 1.77 bits per heavy atom. The molecule has 0 spiro atoms. The first-order valence-electron chi connectivity index (χ1n) is 10.3. The van der Waals surface area contributed by atoms with Gasteiger partial charge < -0.3 is 14.7 Å². The van der Waals surface area contributed by atoms with Crippen molar-refractivity contribution >= 4 is 6.08 Å². The monoisotopic (exact) mass is 357 g/mol. The lowest BCUT2D eigenvalue weighted by molar-refractivity contribution is -0.0706. The summed E-state index contributed by atoms with van der Waals surface area (Å²) in [6.45, 7) is 0.965. The summed E-state index contributed by atoms with van der Waals surface area (Å²) in [7, 11) is 5.95. The standard InChI is InChI=1S/C23H35NO2/c1-24(2)17-21-11-7-10-20(16-18-12-14-22(26-3)15-13-18)23(21,25)19-8-5-4-6-9-19/h12-16,19,21,25H,4-11,17H2,1-3H3/b20-16-. The van der Waals surface area contributed by atoms with E-state index >= 15 is 0 Å². The normalized spacial score (nSPS) is 29.3. The molecular formula is C23H35NO2. The zero-order chi connectivity index (χ0) is 18.6. The summed E-state index contributed by atoms with van der Waals surface area (Å²) in [5.74, 6) is 1.62. The number of nitrogens with zero attached hydrogens (tertiary/aromatic N) is 1. The van der Waals surface area contributed by atoms with Gasteiger partial charge in [0.15, 0.2) is 0 Å². The van der Waals surface area contributed by atoms with Crippen LogP contribution < -0.4 is 4.74 Å². The number of methoxy groups -OCH3 is 1. The van der Waals surface area contributed by atoms with Crippen molar-refractivity contribution in [3.8, 4) is 5.75 Å². The Bertz CT molecular complexity index is 601. The topological polar surface area (TPSA) is 32.7 Å². The van der Waals surface area contributed by atoms with Crippen molar-refractivity contribution in [1.29, 1.82) is 0 Å². The van der Waals surface area contributed by atoms with Crippen LogP contribution in [0.4, 0.5) is 0 Å². The van der Waals surface area contributed by atoms with Crippen molar-refractivity contribution in [2.24, 2.45) is 11.8 Å². The maximum absolute atomic E-state index is 12.1. The fourth-order valence-corrected chi connectivity index (χ4v) is 5.12. The average molecular weight is 358 g/mol. The Morgan fingerprint density at radius 1 is 1.08 bits per heavy atom. The molecule has 0 bridgehead atoms. The van der Waals surface area contributed by atoms with Gasteiger partial charge in [0.1, 0.15) is 5.75 Å². The molecule has 2 unspecified atom stereocenters. The highest BCUT2D eigenvalue weighted by atomic mass is 16.5. The minimum absolute atomic E-state index is 0.332. The minimum Gasteiger partial charge on any atom is -0.497 e. The molecule has 3 heteroatoms. The summed E-state index contributed by atoms with van der Waals surface area (Å²) in [6, 6.07) is 8.21. The van der Waals surface area contributed by atoms with Crippen LogP contribution in [-0.4, -0.2) is 43.4 Å². The molecule has 1 aromatic carbocycles. The van der Waals surface area contributed by atoms with E-state index in [4.69, 9.17) is 4.74 Å². The summed E-state index contributed by atoms with van der Waals surface area (Å²) in [4.78, 5) is 2.24. The van der Waals surface area contributed by atoms with Crippen LogP contribution >= 0.6 is 0 Å². The molecule has 2 aliphatic rings. The molecule has 0 aromatic heterocycles. The first-order chi connectivity index (χ1) is 12.5. The molecule has 144 valence electrons. The highest BCUT2D eigenvalue weighted by Gasteiger charge is 2.48. The molecule has 0 radical (unpaired) electrons. The summed E-state index contributed by atoms with van der Waals surface area (Å²) in [6.07, 6.45) is 11.8. The predicted molar refractivity (Wildman–Crippen MR) is 108 cm³/mol. The predicted octanol–water partition coefficient (Wildman–Crippen LogP) is 4.75. The third-order valence-corrected chi connectivity index (χ3v) is 6.41. The smallest absolute Gasteiger partial charge is 0.118 e. The molecule has 1 N–H and O–H groups in total. The van der Waals surface area contributed by atoms with E-state index in [0.29, 0.717) is 11.8 Å². The Hall–Kier alpha value is -1.32. The van der Waals surface area contributed by atoms with E-state index in [0.717, 1.165) is 25.1 Å². The summed E-state index contributed by atoms with van der Waals surface area (Å²) in [5.41, 5.74) is 1.77. The Morgan fingerprint density at radius 3 is 2.38 bits per heavy atom. The maximum atomic E-state index is 12.1. The van der Waals surface area contributed by atoms with E-state index in [1.54, 1.807) is 7.11 Å². The third kappa shape index (κ3) is 4.15. The van der Waals surface area contributed by atoms with Crippen LogP contribution in [0.15, 0.2) is 29.8 Å². The SMILES string of the molecule is COc1ccc(/C=C2/CCCC(CN(C)C)C2(O)C2CCCCC2)cc1. The highest BCUT2D eigenvalue weighted by molar-refractivity contribution is 5.57. The second-order valence-electron chi connectivity index (χ2n) is 8.45. The van der Waals surface area contributed by atoms with Gasteiger partial charge in [-0.3, -0.25) is 0 Å². The number of aliphatic hydroxyl groups is 1. The second-order valence-corrected chi connectivity index (χ2v) is 8.45. The van der Waals surface area contributed by atoms with Crippen LogP contribution in [0.3, 0.4) is 0 Å². The van der Waals surface area contributed by atoms with Crippen LogP contribution in [0.25, 0.3) is 6.08 Å². The lowest BCUT2D eigenvalue weighted by Gasteiger charge is -2.49. The van der Waals surface area contributed by atoms with Crippen LogP contribution in [0, 0.1) is 11.8 Å². The maximum Gasteiger partial charge on any atom is 0.118 e. The molecule has 1 aromatic rings. The van der Waals surface area contributed by atoms with Gasteiger partial charge >= 0.3 is 0 Å². The molecule has 2 fully saturated rings. The van der Waals surface area contributed by atoms with Gasteiger partial charge in [0.25, 0.3) is 0 Å². The Balaban J connectivity index is 1.94. The van der Waals surface area contributed by atoms with Gasteiger partial charge in [-0.1, -0.05) is 37.5 Å². The van der Waals surface area contributed by atoms with Crippen molar-refractivity contribution in [1.82, 2.24) is 4.90 Å². The highest BCUT2D eigenvalue weighted by Crippen LogP contribution is 2.48. The molecule has 0 heterocycles. The minimum atomic E-state index is -0.650. The molecule has 2 saturated carbocycles. The van der Waals surface area contributed by atoms with Gasteiger partial charge in [-0.2, -0.15) is 0 Å². The fraction of sp³-hybridized carbons (Fsp3) is 0.652. The van der Waals surface area contributed by atoms with Crippen molar-refractivity contribution in [2.45, 2.75) is 57.0 Å². The molecule has 26 heavy (non-hydrogen) atoms. The van der Waals surface area contributed by atoms with Crippen molar-refractivity contribution in [2.75, 3.05) is 27.7 Å². The second kappa shape index (κ2) is 8.58. The molecule has 0 saturated heterocycles. The van der Waals surface area contributed by atoms with Crippen molar-refractivity contribution in [3.05, 3.63) is 35.4 Å². The summed E-state index contributed by atoms with van der Waals surface area (Å²) < 4.78 is 5.28. The first-order valence-corrected chi connectivity index (χ1v) is 10.3. The lowest BCUT2D eigenvalue weighted by Crippen LogP contribution is -2.52. The van der Waals surface area contributed by atoms with Gasteiger partial charge in [-0.25, -0.2) is 0 Å². The van der Waals surface area contributed by atoms with E-state index in [-0.39, 0.29) is 0 Å². The third-order valence-electron chi connectivity index (χ3n) is 6.41. The Labute approximate surface area is 159 Å². The van der Waals surface area contributed by atoms with Gasteiger partial charge in [-0.15, -0.1) is 0 Å². The zero-order valence-corrected chi connectivity index (χ0v) is 16.7. The molecule has 3 rings (SSSR count). The number of hydrogen-bond acceptors (Lipinski definition) is 3. The van der Waals surface area contributed by atoms with Crippen molar-refractivity contribution < 1.29 is 9.84 Å². The number of benzene rings is 1. The van der Waals surface area contributed by atoms with Crippen LogP contribution in [0.1, 0.15) is 56.9 Å². The molecule has 3 nitrogen and oxygen atoms in total. The number of ether oxygens (including phenoxy) is 1. The summed E-state index contributed by atoms with van der Waals surface area (Å²) >= 11 is 0. The van der Waals surface area contributed by atoms with Gasteiger partial charge in [0.05, 0.1) is 12.7 Å². The largest absolute Gasteiger partial charge is 0.497 e. The zero-order valence-electron chi connectivity index (χ0n) is 16.7. The van der Waals surface area contributed by atoms with Gasteiger partial charge in [0.2, 0.25) is 0 Å². The molecule has 2 atom stereocenters. The van der Waals surface area contributed by atoms with Gasteiger partial charge in [-0.05, 0) is 75.4 Å². The lowest BCUT2D eigenvalue weighted by atomic mass is 9.61.